The largest absolute Gasteiger partial charge is 0.455 e. The minimum Gasteiger partial charge on any atom is -0.455 e. The Morgan fingerprint density at radius 1 is 1.38 bits per heavy atom. The van der Waals surface area contributed by atoms with Gasteiger partial charge in [-0.2, -0.15) is 9.29 Å². The third kappa shape index (κ3) is 3.24. The molecule has 0 bridgehead atoms. The van der Waals surface area contributed by atoms with Gasteiger partial charge in [-0.05, 0) is 33.7 Å². The Bertz CT molecular complexity index is 805. The van der Waals surface area contributed by atoms with Crippen LogP contribution in [-0.2, 0) is 16.4 Å². The number of furan rings is 1. The van der Waals surface area contributed by atoms with Gasteiger partial charge in [-0.15, -0.1) is 0 Å². The van der Waals surface area contributed by atoms with Crippen LogP contribution in [0.25, 0.3) is 11.7 Å². The fourth-order valence-corrected chi connectivity index (χ4v) is 4.39. The summed E-state index contributed by atoms with van der Waals surface area (Å²) in [6, 6.07) is 1.68. The molecule has 1 atom stereocenters. The number of hydrogen-bond acceptors (Lipinski definition) is 7. The van der Waals surface area contributed by atoms with Gasteiger partial charge in [-0.3, -0.25) is 0 Å². The monoisotopic (exact) mass is 354 g/mol. The molecule has 8 nitrogen and oxygen atoms in total. The first-order chi connectivity index (χ1) is 11.4. The molecule has 132 valence electrons. The Labute approximate surface area is 141 Å². The molecule has 1 N–H and O–H groups in total. The van der Waals surface area contributed by atoms with Crippen molar-refractivity contribution in [2.75, 3.05) is 20.1 Å². The number of hydrogen-bond donors (Lipinski definition) is 1. The van der Waals surface area contributed by atoms with Crippen molar-refractivity contribution in [3.05, 3.63) is 17.7 Å². The lowest BCUT2D eigenvalue weighted by Crippen LogP contribution is -2.27. The van der Waals surface area contributed by atoms with Crippen LogP contribution >= 0.6 is 0 Å². The van der Waals surface area contributed by atoms with Crippen LogP contribution in [0.1, 0.15) is 31.4 Å². The Morgan fingerprint density at radius 2 is 2.08 bits per heavy atom. The average Bonchev–Trinajstić information content (AvgIpc) is 3.26. The lowest BCUT2D eigenvalue weighted by Gasteiger charge is -2.14. The molecular formula is C15H22N4O4S. The predicted molar refractivity (Wildman–Crippen MR) is 87.0 cm³/mol. The molecule has 1 fully saturated rings. The predicted octanol–water partition coefficient (Wildman–Crippen LogP) is 1.57. The highest BCUT2D eigenvalue weighted by atomic mass is 32.2. The number of aryl methyl sites for hydroxylation is 1. The maximum atomic E-state index is 12.7. The molecule has 1 saturated heterocycles. The van der Waals surface area contributed by atoms with Crippen molar-refractivity contribution >= 4 is 10.0 Å². The lowest BCUT2D eigenvalue weighted by atomic mass is 10.2. The van der Waals surface area contributed by atoms with Gasteiger partial charge in [0, 0.05) is 31.6 Å². The number of likely N-dealkylation sites (N-methyl/N-ethyl adjacent to an activating group) is 1. The molecule has 1 unspecified atom stereocenters. The van der Waals surface area contributed by atoms with E-state index in [-0.39, 0.29) is 22.6 Å². The van der Waals surface area contributed by atoms with Crippen molar-refractivity contribution in [3.8, 4) is 11.7 Å². The summed E-state index contributed by atoms with van der Waals surface area (Å²) in [5.74, 6) is 1.35. The third-order valence-corrected chi connectivity index (χ3v) is 6.22. The smallest absolute Gasteiger partial charge is 0.293 e. The molecule has 0 spiro atoms. The highest BCUT2D eigenvalue weighted by Crippen LogP contribution is 2.30. The molecule has 3 heterocycles. The van der Waals surface area contributed by atoms with E-state index in [2.05, 4.69) is 15.5 Å². The van der Waals surface area contributed by atoms with E-state index >= 15 is 0 Å². The van der Waals surface area contributed by atoms with Gasteiger partial charge < -0.3 is 14.3 Å². The maximum Gasteiger partial charge on any atom is 0.293 e. The molecule has 3 rings (SSSR count). The van der Waals surface area contributed by atoms with Crippen LogP contribution in [0, 0.1) is 6.92 Å². The standard InChI is InChI=1S/C15H22N4O4S/c1-10(16-3)8-14-17-15(23-18-14)12-9-13(11(2)22-12)24(20,21)19-6-4-5-7-19/h9-10,16H,4-8H2,1-3H3. The van der Waals surface area contributed by atoms with Gasteiger partial charge in [-0.25, -0.2) is 8.42 Å². The van der Waals surface area contributed by atoms with Gasteiger partial charge in [-0.1, -0.05) is 5.16 Å². The zero-order chi connectivity index (χ0) is 17.3. The van der Waals surface area contributed by atoms with E-state index in [1.54, 1.807) is 6.92 Å². The summed E-state index contributed by atoms with van der Waals surface area (Å²) >= 11 is 0. The van der Waals surface area contributed by atoms with Crippen LogP contribution in [0.4, 0.5) is 0 Å². The second-order valence-corrected chi connectivity index (χ2v) is 7.96. The summed E-state index contributed by atoms with van der Waals surface area (Å²) in [5.41, 5.74) is 0. The van der Waals surface area contributed by atoms with Gasteiger partial charge in [0.25, 0.3) is 5.89 Å². The van der Waals surface area contributed by atoms with Crippen molar-refractivity contribution in [1.82, 2.24) is 19.8 Å². The zero-order valence-corrected chi connectivity index (χ0v) is 14.9. The Morgan fingerprint density at radius 3 is 2.75 bits per heavy atom. The summed E-state index contributed by atoms with van der Waals surface area (Å²) in [6.45, 7) is 4.74. The van der Waals surface area contributed by atoms with E-state index < -0.39 is 10.0 Å². The first-order valence-corrected chi connectivity index (χ1v) is 9.46. The molecule has 0 amide bonds. The summed E-state index contributed by atoms with van der Waals surface area (Å²) in [7, 11) is -1.67. The summed E-state index contributed by atoms with van der Waals surface area (Å²) in [6.07, 6.45) is 2.39. The Kier molecular flexibility index (Phi) is 4.75. The molecule has 0 radical (unpaired) electrons. The Hall–Kier alpha value is -1.71. The van der Waals surface area contributed by atoms with Crippen LogP contribution in [0.3, 0.4) is 0 Å². The van der Waals surface area contributed by atoms with Crippen LogP contribution in [0.2, 0.25) is 0 Å². The average molecular weight is 354 g/mol. The van der Waals surface area contributed by atoms with E-state index in [0.29, 0.717) is 31.1 Å². The minimum absolute atomic E-state index is 0.169. The van der Waals surface area contributed by atoms with E-state index in [0.717, 1.165) is 12.8 Å². The van der Waals surface area contributed by atoms with Crippen LogP contribution < -0.4 is 5.32 Å². The number of nitrogens with one attached hydrogen (secondary N) is 1. The highest BCUT2D eigenvalue weighted by Gasteiger charge is 2.31. The van der Waals surface area contributed by atoms with Crippen LogP contribution in [0.5, 0.6) is 0 Å². The van der Waals surface area contributed by atoms with Gasteiger partial charge >= 0.3 is 0 Å². The second-order valence-electron chi connectivity index (χ2n) is 6.05. The molecule has 1 aliphatic heterocycles. The van der Waals surface area contributed by atoms with Crippen molar-refractivity contribution in [2.45, 2.75) is 44.0 Å². The molecule has 0 aromatic carbocycles. The van der Waals surface area contributed by atoms with Gasteiger partial charge in [0.2, 0.25) is 10.0 Å². The van der Waals surface area contributed by atoms with Gasteiger partial charge in [0.15, 0.2) is 11.6 Å². The molecule has 0 saturated carbocycles. The lowest BCUT2D eigenvalue weighted by molar-refractivity contribution is 0.403. The van der Waals surface area contributed by atoms with Crippen molar-refractivity contribution in [3.63, 3.8) is 0 Å². The molecule has 9 heteroatoms. The Balaban J connectivity index is 1.86. The summed E-state index contributed by atoms with van der Waals surface area (Å²) in [4.78, 5) is 4.45. The van der Waals surface area contributed by atoms with Crippen LogP contribution in [0.15, 0.2) is 19.9 Å². The number of sulfonamides is 1. The maximum absolute atomic E-state index is 12.7. The van der Waals surface area contributed by atoms with E-state index in [4.69, 9.17) is 8.94 Å². The van der Waals surface area contributed by atoms with Crippen molar-refractivity contribution in [2.24, 2.45) is 0 Å². The van der Waals surface area contributed by atoms with Gasteiger partial charge in [0.05, 0.1) is 0 Å². The molecule has 2 aromatic rings. The first-order valence-electron chi connectivity index (χ1n) is 8.02. The zero-order valence-electron chi connectivity index (χ0n) is 14.1. The van der Waals surface area contributed by atoms with E-state index in [1.165, 1.54) is 10.4 Å². The van der Waals surface area contributed by atoms with E-state index in [1.807, 2.05) is 14.0 Å². The topological polar surface area (TPSA) is 101 Å². The molecule has 1 aliphatic rings. The fraction of sp³-hybridized carbons (Fsp3) is 0.600. The van der Waals surface area contributed by atoms with E-state index in [9.17, 15) is 8.42 Å². The second kappa shape index (κ2) is 6.66. The number of aromatic nitrogens is 2. The molecule has 24 heavy (non-hydrogen) atoms. The summed E-state index contributed by atoms with van der Waals surface area (Å²) < 4.78 is 37.6. The molecule has 2 aromatic heterocycles. The molecular weight excluding hydrogens is 332 g/mol. The number of rotatable bonds is 6. The SMILES string of the molecule is CNC(C)Cc1noc(-c2cc(S(=O)(=O)N3CCCC3)c(C)o2)n1. The van der Waals surface area contributed by atoms with Crippen molar-refractivity contribution < 1.29 is 17.4 Å². The quantitative estimate of drug-likeness (QED) is 0.840. The van der Waals surface area contributed by atoms with Crippen molar-refractivity contribution in [1.29, 1.82) is 0 Å². The summed E-state index contributed by atoms with van der Waals surface area (Å²) in [5, 5.41) is 7.01. The van der Waals surface area contributed by atoms with Crippen LogP contribution in [-0.4, -0.2) is 49.0 Å². The third-order valence-electron chi connectivity index (χ3n) is 4.22. The highest BCUT2D eigenvalue weighted by molar-refractivity contribution is 7.89. The van der Waals surface area contributed by atoms with Gasteiger partial charge in [0.1, 0.15) is 10.7 Å². The first kappa shape index (κ1) is 17.1. The normalized spacial score (nSPS) is 17.5. The fourth-order valence-electron chi connectivity index (χ4n) is 2.71. The molecule has 0 aliphatic carbocycles. The minimum atomic E-state index is -3.53. The number of nitrogens with zero attached hydrogens (tertiary/aromatic N) is 3.